The average molecular weight is 382 g/mol. The van der Waals surface area contributed by atoms with Gasteiger partial charge in [0.1, 0.15) is 0 Å². The molecule has 0 fully saturated rings. The first kappa shape index (κ1) is 13.3. The van der Waals surface area contributed by atoms with Crippen LogP contribution in [0.4, 0.5) is 0 Å². The van der Waals surface area contributed by atoms with Crippen molar-refractivity contribution < 1.29 is 4.74 Å². The van der Waals surface area contributed by atoms with Gasteiger partial charge in [-0.05, 0) is 47.7 Å². The molecule has 2 aromatic carbocycles. The fraction of sp³-hybridized carbons (Fsp3) is 0.250. The highest BCUT2D eigenvalue weighted by molar-refractivity contribution is 9.11. The molecule has 1 nitrogen and oxygen atoms in total. The molecule has 98 valence electrons. The van der Waals surface area contributed by atoms with Crippen LogP contribution in [0.3, 0.4) is 0 Å². The third-order valence-corrected chi connectivity index (χ3v) is 4.34. The van der Waals surface area contributed by atoms with Gasteiger partial charge in [-0.25, -0.2) is 0 Å². The Labute approximate surface area is 130 Å². The van der Waals surface area contributed by atoms with Crippen molar-refractivity contribution in [2.45, 2.75) is 25.6 Å². The van der Waals surface area contributed by atoms with Crippen LogP contribution in [0.1, 0.15) is 16.7 Å². The summed E-state index contributed by atoms with van der Waals surface area (Å²) in [5.74, 6) is 0. The summed E-state index contributed by atoms with van der Waals surface area (Å²) in [5, 5.41) is 0. The van der Waals surface area contributed by atoms with Gasteiger partial charge in [0.15, 0.2) is 0 Å². The van der Waals surface area contributed by atoms with Crippen LogP contribution in [-0.2, 0) is 24.2 Å². The number of ether oxygens (including phenoxy) is 1. The first-order chi connectivity index (χ1) is 9.20. The van der Waals surface area contributed by atoms with Gasteiger partial charge in [-0.2, -0.15) is 0 Å². The third kappa shape index (κ3) is 3.28. The Bertz CT molecular complexity index is 550. The zero-order valence-corrected chi connectivity index (χ0v) is 13.6. The fourth-order valence-corrected chi connectivity index (χ4v) is 3.93. The first-order valence-electron chi connectivity index (χ1n) is 6.34. The fourth-order valence-electron chi connectivity index (χ4n) is 2.54. The van der Waals surface area contributed by atoms with Crippen molar-refractivity contribution in [3.63, 3.8) is 0 Å². The molecule has 0 atom stereocenters. The van der Waals surface area contributed by atoms with Gasteiger partial charge in [0.2, 0.25) is 0 Å². The van der Waals surface area contributed by atoms with E-state index in [-0.39, 0.29) is 0 Å². The van der Waals surface area contributed by atoms with Crippen LogP contribution in [-0.4, -0.2) is 6.10 Å². The highest BCUT2D eigenvalue weighted by atomic mass is 79.9. The van der Waals surface area contributed by atoms with Crippen molar-refractivity contribution in [2.24, 2.45) is 0 Å². The van der Waals surface area contributed by atoms with Crippen LogP contribution in [0, 0.1) is 0 Å². The van der Waals surface area contributed by atoms with Crippen LogP contribution in [0.15, 0.2) is 51.4 Å². The molecule has 0 amide bonds. The zero-order valence-electron chi connectivity index (χ0n) is 10.4. The van der Waals surface area contributed by atoms with Gasteiger partial charge in [-0.1, -0.05) is 56.1 Å². The average Bonchev–Trinajstić information content (AvgIpc) is 2.78. The molecular formula is C16H14Br2O. The largest absolute Gasteiger partial charge is 0.373 e. The minimum absolute atomic E-state index is 0.315. The minimum atomic E-state index is 0.315. The normalized spacial score (nSPS) is 14.6. The van der Waals surface area contributed by atoms with Gasteiger partial charge in [0.05, 0.1) is 12.7 Å². The highest BCUT2D eigenvalue weighted by Gasteiger charge is 2.21. The summed E-state index contributed by atoms with van der Waals surface area (Å²) in [5.41, 5.74) is 4.06. The van der Waals surface area contributed by atoms with E-state index in [0.29, 0.717) is 12.7 Å². The van der Waals surface area contributed by atoms with Gasteiger partial charge in [-0.3, -0.25) is 0 Å². The van der Waals surface area contributed by atoms with Gasteiger partial charge in [-0.15, -0.1) is 0 Å². The Balaban J connectivity index is 1.62. The Hall–Kier alpha value is -0.640. The predicted octanol–water partition coefficient (Wildman–Crippen LogP) is 4.90. The monoisotopic (exact) mass is 380 g/mol. The van der Waals surface area contributed by atoms with Gasteiger partial charge in [0, 0.05) is 8.95 Å². The lowest BCUT2D eigenvalue weighted by atomic mass is 10.1. The van der Waals surface area contributed by atoms with Crippen molar-refractivity contribution in [3.05, 3.63) is 68.1 Å². The number of benzene rings is 2. The number of fused-ring (bicyclic) bond motifs is 1. The molecule has 0 aromatic heterocycles. The Morgan fingerprint density at radius 1 is 0.947 bits per heavy atom. The van der Waals surface area contributed by atoms with E-state index in [1.807, 2.05) is 6.07 Å². The lowest BCUT2D eigenvalue weighted by Crippen LogP contribution is -2.12. The molecule has 3 heteroatoms. The van der Waals surface area contributed by atoms with Gasteiger partial charge in [0.25, 0.3) is 0 Å². The smallest absolute Gasteiger partial charge is 0.0721 e. The van der Waals surface area contributed by atoms with Gasteiger partial charge >= 0.3 is 0 Å². The van der Waals surface area contributed by atoms with Crippen LogP contribution >= 0.6 is 31.9 Å². The molecule has 2 aromatic rings. The number of rotatable bonds is 3. The molecule has 0 saturated carbocycles. The molecule has 0 spiro atoms. The molecule has 0 N–H and O–H groups in total. The second-order valence-electron chi connectivity index (χ2n) is 4.89. The summed E-state index contributed by atoms with van der Waals surface area (Å²) >= 11 is 7.01. The number of hydrogen-bond donors (Lipinski definition) is 0. The van der Waals surface area contributed by atoms with Crippen LogP contribution in [0.5, 0.6) is 0 Å². The molecule has 1 aliphatic rings. The molecule has 0 saturated heterocycles. The molecule has 19 heavy (non-hydrogen) atoms. The maximum atomic E-state index is 6.04. The molecule has 0 radical (unpaired) electrons. The second-order valence-corrected chi connectivity index (χ2v) is 6.72. The third-order valence-electron chi connectivity index (χ3n) is 3.42. The molecular weight excluding hydrogens is 368 g/mol. The van der Waals surface area contributed by atoms with Crippen molar-refractivity contribution in [1.29, 1.82) is 0 Å². The summed E-state index contributed by atoms with van der Waals surface area (Å²) in [6.07, 6.45) is 2.38. The highest BCUT2D eigenvalue weighted by Crippen LogP contribution is 2.26. The van der Waals surface area contributed by atoms with Crippen LogP contribution in [0.2, 0.25) is 0 Å². The van der Waals surface area contributed by atoms with E-state index in [9.17, 15) is 0 Å². The topological polar surface area (TPSA) is 9.23 Å². The van der Waals surface area contributed by atoms with E-state index in [1.54, 1.807) is 0 Å². The Morgan fingerprint density at radius 2 is 1.53 bits per heavy atom. The summed E-state index contributed by atoms with van der Waals surface area (Å²) in [6.45, 7) is 0.663. The first-order valence-corrected chi connectivity index (χ1v) is 7.92. The molecule has 3 rings (SSSR count). The van der Waals surface area contributed by atoms with E-state index in [0.717, 1.165) is 21.8 Å². The molecule has 0 bridgehead atoms. The molecule has 1 aliphatic carbocycles. The SMILES string of the molecule is Brc1cc(Br)cc(COC2Cc3ccccc3C2)c1. The quantitative estimate of drug-likeness (QED) is 0.734. The molecule has 0 unspecified atom stereocenters. The van der Waals surface area contributed by atoms with E-state index in [2.05, 4.69) is 68.3 Å². The summed E-state index contributed by atoms with van der Waals surface area (Å²) in [7, 11) is 0. The van der Waals surface area contributed by atoms with Gasteiger partial charge < -0.3 is 4.74 Å². The van der Waals surface area contributed by atoms with Crippen LogP contribution in [0.25, 0.3) is 0 Å². The van der Waals surface area contributed by atoms with E-state index >= 15 is 0 Å². The number of hydrogen-bond acceptors (Lipinski definition) is 1. The van der Waals surface area contributed by atoms with Crippen molar-refractivity contribution in [1.82, 2.24) is 0 Å². The summed E-state index contributed by atoms with van der Waals surface area (Å²) < 4.78 is 8.20. The van der Waals surface area contributed by atoms with Crippen molar-refractivity contribution in [2.75, 3.05) is 0 Å². The molecule has 0 aliphatic heterocycles. The molecule has 0 heterocycles. The summed E-state index contributed by atoms with van der Waals surface area (Å²) in [6, 6.07) is 14.9. The number of halogens is 2. The maximum Gasteiger partial charge on any atom is 0.0721 e. The van der Waals surface area contributed by atoms with Crippen molar-refractivity contribution in [3.8, 4) is 0 Å². The Morgan fingerprint density at radius 3 is 2.11 bits per heavy atom. The van der Waals surface area contributed by atoms with E-state index < -0.39 is 0 Å². The van der Waals surface area contributed by atoms with Crippen molar-refractivity contribution >= 4 is 31.9 Å². The maximum absolute atomic E-state index is 6.04. The standard InChI is InChI=1S/C16H14Br2O/c17-14-5-11(6-15(18)9-14)10-19-16-7-12-3-1-2-4-13(12)8-16/h1-6,9,16H,7-8,10H2. The second kappa shape index (κ2) is 5.78. The summed E-state index contributed by atoms with van der Waals surface area (Å²) in [4.78, 5) is 0. The zero-order chi connectivity index (χ0) is 13.2. The van der Waals surface area contributed by atoms with E-state index in [1.165, 1.54) is 16.7 Å². The lowest BCUT2D eigenvalue weighted by molar-refractivity contribution is 0.0479. The minimum Gasteiger partial charge on any atom is -0.373 e. The predicted molar refractivity (Wildman–Crippen MR) is 84.3 cm³/mol. The lowest BCUT2D eigenvalue weighted by Gasteiger charge is -2.11. The van der Waals surface area contributed by atoms with Crippen LogP contribution < -0.4 is 0 Å². The Kier molecular flexibility index (Phi) is 4.06. The van der Waals surface area contributed by atoms with E-state index in [4.69, 9.17) is 4.74 Å².